The number of sulfonamides is 1. The van der Waals surface area contributed by atoms with Gasteiger partial charge >= 0.3 is 0 Å². The van der Waals surface area contributed by atoms with Gasteiger partial charge in [0.25, 0.3) is 5.91 Å². The van der Waals surface area contributed by atoms with Gasteiger partial charge < -0.3 is 14.8 Å². The summed E-state index contributed by atoms with van der Waals surface area (Å²) >= 11 is 0. The van der Waals surface area contributed by atoms with Crippen LogP contribution < -0.4 is 14.8 Å². The summed E-state index contributed by atoms with van der Waals surface area (Å²) in [5.41, 5.74) is 0.940. The van der Waals surface area contributed by atoms with Gasteiger partial charge in [0.05, 0.1) is 4.90 Å². The monoisotopic (exact) mass is 446 g/mol. The molecule has 2 aromatic rings. The Morgan fingerprint density at radius 2 is 1.77 bits per heavy atom. The van der Waals surface area contributed by atoms with Crippen LogP contribution in [-0.4, -0.2) is 51.5 Å². The van der Waals surface area contributed by atoms with Gasteiger partial charge in [-0.3, -0.25) is 4.79 Å². The second-order valence-electron chi connectivity index (χ2n) is 8.57. The van der Waals surface area contributed by atoms with E-state index in [-0.39, 0.29) is 22.3 Å². The van der Waals surface area contributed by atoms with Gasteiger partial charge in [0.15, 0.2) is 11.5 Å². The molecule has 8 heteroatoms. The third kappa shape index (κ3) is 5.02. The van der Waals surface area contributed by atoms with E-state index in [4.69, 9.17) is 9.47 Å². The van der Waals surface area contributed by atoms with E-state index in [1.165, 1.54) is 23.5 Å². The van der Waals surface area contributed by atoms with E-state index in [0.29, 0.717) is 31.1 Å². The topological polar surface area (TPSA) is 84.9 Å². The summed E-state index contributed by atoms with van der Waals surface area (Å²) in [4.78, 5) is 12.9. The molecule has 0 bridgehead atoms. The molecule has 0 radical (unpaired) electrons. The second kappa shape index (κ2) is 8.88. The van der Waals surface area contributed by atoms with Crippen LogP contribution in [0.15, 0.2) is 47.4 Å². The summed E-state index contributed by atoms with van der Waals surface area (Å²) in [6.07, 6.45) is 0. The summed E-state index contributed by atoms with van der Waals surface area (Å²) in [5.74, 6) is 1.10. The summed E-state index contributed by atoms with van der Waals surface area (Å²) in [7, 11) is -2.13. The van der Waals surface area contributed by atoms with Crippen LogP contribution >= 0.6 is 0 Å². The minimum atomic E-state index is -3.66. The van der Waals surface area contributed by atoms with Crippen molar-refractivity contribution in [2.24, 2.45) is 0 Å². The first kappa shape index (κ1) is 23.1. The minimum Gasteiger partial charge on any atom is -0.486 e. The van der Waals surface area contributed by atoms with Crippen molar-refractivity contribution >= 4 is 15.9 Å². The maximum Gasteiger partial charge on any atom is 0.251 e. The van der Waals surface area contributed by atoms with Crippen LogP contribution in [0.1, 0.15) is 43.6 Å². The molecular weight excluding hydrogens is 416 g/mol. The van der Waals surface area contributed by atoms with Crippen molar-refractivity contribution in [1.82, 2.24) is 9.62 Å². The zero-order valence-electron chi connectivity index (χ0n) is 18.6. The van der Waals surface area contributed by atoms with Gasteiger partial charge in [-0.25, -0.2) is 8.42 Å². The summed E-state index contributed by atoms with van der Waals surface area (Å²) in [6, 6.07) is 11.7. The molecule has 1 heterocycles. The molecular formula is C23H30N2O5S. The number of hydrogen-bond donors (Lipinski definition) is 1. The Hall–Kier alpha value is -2.58. The van der Waals surface area contributed by atoms with Crippen LogP contribution in [0.5, 0.6) is 11.5 Å². The number of benzene rings is 2. The molecule has 0 aromatic heterocycles. The fourth-order valence-electron chi connectivity index (χ4n) is 3.21. The predicted molar refractivity (Wildman–Crippen MR) is 119 cm³/mol. The molecule has 1 aliphatic heterocycles. The van der Waals surface area contributed by atoms with Crippen LogP contribution in [0.2, 0.25) is 0 Å². The molecule has 0 aliphatic carbocycles. The molecule has 0 saturated carbocycles. The van der Waals surface area contributed by atoms with E-state index in [1.54, 1.807) is 26.0 Å². The van der Waals surface area contributed by atoms with E-state index in [9.17, 15) is 13.2 Å². The standard InChI is InChI=1S/C23H30N2O5S/c1-16(2)25(5)31(27,28)19-8-6-7-17(13-19)22(26)24-15-23(3,4)18-9-10-20-21(14-18)30-12-11-29-20/h6-10,13-14,16H,11-12,15H2,1-5H3,(H,24,26). The van der Waals surface area contributed by atoms with Crippen molar-refractivity contribution in [2.75, 3.05) is 26.8 Å². The number of carbonyl (C=O) groups excluding carboxylic acids is 1. The fourth-order valence-corrected chi connectivity index (χ4v) is 4.63. The van der Waals surface area contributed by atoms with Gasteiger partial charge in [-0.1, -0.05) is 26.0 Å². The van der Waals surface area contributed by atoms with Crippen molar-refractivity contribution < 1.29 is 22.7 Å². The zero-order valence-corrected chi connectivity index (χ0v) is 19.5. The quantitative estimate of drug-likeness (QED) is 0.706. The lowest BCUT2D eigenvalue weighted by molar-refractivity contribution is 0.0945. The third-order valence-corrected chi connectivity index (χ3v) is 7.54. The Morgan fingerprint density at radius 1 is 1.10 bits per heavy atom. The Labute approximate surface area is 184 Å². The fraction of sp³-hybridized carbons (Fsp3) is 0.435. The van der Waals surface area contributed by atoms with E-state index >= 15 is 0 Å². The van der Waals surface area contributed by atoms with Gasteiger partial charge in [0.1, 0.15) is 13.2 Å². The van der Waals surface area contributed by atoms with Gasteiger partial charge in [0, 0.05) is 30.6 Å². The minimum absolute atomic E-state index is 0.0995. The molecule has 0 fully saturated rings. The largest absolute Gasteiger partial charge is 0.486 e. The van der Waals surface area contributed by atoms with Crippen molar-refractivity contribution in [2.45, 2.75) is 44.0 Å². The van der Waals surface area contributed by atoms with Crippen molar-refractivity contribution in [3.8, 4) is 11.5 Å². The van der Waals surface area contributed by atoms with Gasteiger partial charge in [-0.2, -0.15) is 4.31 Å². The highest BCUT2D eigenvalue weighted by molar-refractivity contribution is 7.89. The number of carbonyl (C=O) groups is 1. The zero-order chi connectivity index (χ0) is 22.8. The van der Waals surface area contributed by atoms with E-state index < -0.39 is 10.0 Å². The van der Waals surface area contributed by atoms with Crippen LogP contribution in [-0.2, 0) is 15.4 Å². The molecule has 0 spiro atoms. The highest BCUT2D eigenvalue weighted by Crippen LogP contribution is 2.35. The summed E-state index contributed by atoms with van der Waals surface area (Å²) in [6.45, 7) is 9.07. The number of rotatable bonds is 7. The Kier molecular flexibility index (Phi) is 6.62. The maximum atomic E-state index is 12.8. The van der Waals surface area contributed by atoms with E-state index in [0.717, 1.165) is 11.3 Å². The van der Waals surface area contributed by atoms with E-state index in [1.807, 2.05) is 32.0 Å². The Bertz CT molecular complexity index is 1060. The van der Waals surface area contributed by atoms with Crippen molar-refractivity contribution in [3.05, 3.63) is 53.6 Å². The maximum absolute atomic E-state index is 12.8. The number of nitrogens with zero attached hydrogens (tertiary/aromatic N) is 1. The number of amides is 1. The summed E-state index contributed by atoms with van der Waals surface area (Å²) < 4.78 is 38.0. The molecule has 2 aromatic carbocycles. The van der Waals surface area contributed by atoms with Crippen LogP contribution in [0.4, 0.5) is 0 Å². The first-order chi connectivity index (χ1) is 14.5. The van der Waals surface area contributed by atoms with Crippen molar-refractivity contribution in [1.29, 1.82) is 0 Å². The molecule has 1 N–H and O–H groups in total. The molecule has 0 saturated heterocycles. The Balaban J connectivity index is 1.73. The normalized spacial score (nSPS) is 14.0. The first-order valence-electron chi connectivity index (χ1n) is 10.3. The predicted octanol–water partition coefficient (Wildman–Crippen LogP) is 3.19. The smallest absolute Gasteiger partial charge is 0.251 e. The van der Waals surface area contributed by atoms with Crippen LogP contribution in [0.3, 0.4) is 0 Å². The van der Waals surface area contributed by atoms with Gasteiger partial charge in [0.2, 0.25) is 10.0 Å². The molecule has 0 atom stereocenters. The molecule has 168 valence electrons. The molecule has 1 aliphatic rings. The summed E-state index contributed by atoms with van der Waals surface area (Å²) in [5, 5.41) is 2.93. The average Bonchev–Trinajstić information content (AvgIpc) is 2.76. The number of ether oxygens (including phenoxy) is 2. The molecule has 0 unspecified atom stereocenters. The first-order valence-corrected chi connectivity index (χ1v) is 11.7. The molecule has 7 nitrogen and oxygen atoms in total. The van der Waals surface area contributed by atoms with E-state index in [2.05, 4.69) is 5.32 Å². The highest BCUT2D eigenvalue weighted by Gasteiger charge is 2.26. The SMILES string of the molecule is CC(C)N(C)S(=O)(=O)c1cccc(C(=O)NCC(C)(C)c2ccc3c(c2)OCCO3)c1. The van der Waals surface area contributed by atoms with Gasteiger partial charge in [-0.15, -0.1) is 0 Å². The molecule has 1 amide bonds. The third-order valence-electron chi connectivity index (χ3n) is 5.51. The molecule has 3 rings (SSSR count). The lowest BCUT2D eigenvalue weighted by atomic mass is 9.84. The number of nitrogens with one attached hydrogen (secondary N) is 1. The van der Waals surface area contributed by atoms with Crippen LogP contribution in [0, 0.1) is 0 Å². The highest BCUT2D eigenvalue weighted by atomic mass is 32.2. The average molecular weight is 447 g/mol. The van der Waals surface area contributed by atoms with Gasteiger partial charge in [-0.05, 0) is 49.7 Å². The van der Waals surface area contributed by atoms with Crippen molar-refractivity contribution in [3.63, 3.8) is 0 Å². The number of fused-ring (bicyclic) bond motifs is 1. The molecule has 31 heavy (non-hydrogen) atoms. The second-order valence-corrected chi connectivity index (χ2v) is 10.6. The lowest BCUT2D eigenvalue weighted by Crippen LogP contribution is -2.37. The van der Waals surface area contributed by atoms with Crippen LogP contribution in [0.25, 0.3) is 0 Å². The lowest BCUT2D eigenvalue weighted by Gasteiger charge is -2.28. The number of hydrogen-bond acceptors (Lipinski definition) is 5. The Morgan fingerprint density at radius 3 is 2.45 bits per heavy atom.